The number of aryl methyl sites for hydroxylation is 1. The molecule has 172 valence electrons. The van der Waals surface area contributed by atoms with Crippen molar-refractivity contribution >= 4 is 33.2 Å². The third-order valence-electron chi connectivity index (χ3n) is 5.17. The standard InChI is InChI=1S/C24H23ClN2O5S/c1-17-6-2-3-7-21(17)27(33(29,30)20-12-10-18(25)11-13-20)15-24(28)26-14-19-16-31-22-8-4-5-9-23(22)32-19/h2-13,19H,14-16H2,1H3,(H,26,28). The molecule has 9 heteroatoms. The molecule has 1 amide bonds. The molecule has 1 aliphatic rings. The van der Waals surface area contributed by atoms with Crippen LogP contribution in [0.4, 0.5) is 5.69 Å². The maximum absolute atomic E-state index is 13.4. The van der Waals surface area contributed by atoms with Gasteiger partial charge >= 0.3 is 0 Å². The molecule has 0 radical (unpaired) electrons. The zero-order chi connectivity index (χ0) is 23.4. The second kappa shape index (κ2) is 9.72. The number of sulfonamides is 1. The van der Waals surface area contributed by atoms with E-state index in [1.165, 1.54) is 24.3 Å². The van der Waals surface area contributed by atoms with Gasteiger partial charge in [0.15, 0.2) is 11.5 Å². The predicted octanol–water partition coefficient (Wildman–Crippen LogP) is 3.80. The molecule has 1 atom stereocenters. The van der Waals surface area contributed by atoms with Crippen molar-refractivity contribution in [2.75, 3.05) is 24.0 Å². The monoisotopic (exact) mass is 486 g/mol. The van der Waals surface area contributed by atoms with Crippen molar-refractivity contribution in [3.63, 3.8) is 0 Å². The van der Waals surface area contributed by atoms with Crippen LogP contribution in [0.2, 0.25) is 5.02 Å². The molecule has 7 nitrogen and oxygen atoms in total. The van der Waals surface area contributed by atoms with Crippen LogP contribution in [-0.2, 0) is 14.8 Å². The Kier molecular flexibility index (Phi) is 6.76. The lowest BCUT2D eigenvalue weighted by Gasteiger charge is -2.28. The van der Waals surface area contributed by atoms with Crippen molar-refractivity contribution in [1.82, 2.24) is 5.32 Å². The molecule has 33 heavy (non-hydrogen) atoms. The van der Waals surface area contributed by atoms with Crippen molar-refractivity contribution in [2.24, 2.45) is 0 Å². The highest BCUT2D eigenvalue weighted by molar-refractivity contribution is 7.92. The zero-order valence-corrected chi connectivity index (χ0v) is 19.5. The molecule has 1 aliphatic heterocycles. The first kappa shape index (κ1) is 22.9. The molecule has 0 fully saturated rings. The number of hydrogen-bond donors (Lipinski definition) is 1. The van der Waals surface area contributed by atoms with Gasteiger partial charge < -0.3 is 14.8 Å². The molecule has 0 aliphatic carbocycles. The van der Waals surface area contributed by atoms with E-state index in [4.69, 9.17) is 21.1 Å². The molecule has 0 spiro atoms. The van der Waals surface area contributed by atoms with E-state index in [0.717, 1.165) is 9.87 Å². The zero-order valence-electron chi connectivity index (χ0n) is 17.9. The number of para-hydroxylation sites is 3. The molecule has 1 N–H and O–H groups in total. The fraction of sp³-hybridized carbons (Fsp3) is 0.208. The minimum atomic E-state index is -4.01. The number of halogens is 1. The van der Waals surface area contributed by atoms with E-state index >= 15 is 0 Å². The Balaban J connectivity index is 1.50. The van der Waals surface area contributed by atoms with Gasteiger partial charge in [0, 0.05) is 5.02 Å². The molecule has 0 saturated carbocycles. The summed E-state index contributed by atoms with van der Waals surface area (Å²) in [6.07, 6.45) is -0.386. The number of benzene rings is 3. The number of carbonyl (C=O) groups is 1. The van der Waals surface area contributed by atoms with Crippen LogP contribution in [0.15, 0.2) is 77.7 Å². The number of rotatable bonds is 7. The number of nitrogens with one attached hydrogen (secondary N) is 1. The molecule has 1 unspecified atom stereocenters. The number of amides is 1. The van der Waals surface area contributed by atoms with E-state index in [2.05, 4.69) is 5.32 Å². The fourth-order valence-corrected chi connectivity index (χ4v) is 5.07. The first-order valence-corrected chi connectivity index (χ1v) is 12.2. The van der Waals surface area contributed by atoms with Crippen LogP contribution in [-0.4, -0.2) is 40.1 Å². The van der Waals surface area contributed by atoms with Gasteiger partial charge in [0.2, 0.25) is 5.91 Å². The summed E-state index contributed by atoms with van der Waals surface area (Å²) in [5, 5.41) is 3.19. The Morgan fingerprint density at radius 2 is 1.70 bits per heavy atom. The van der Waals surface area contributed by atoms with Gasteiger partial charge in [-0.25, -0.2) is 8.42 Å². The van der Waals surface area contributed by atoms with Gasteiger partial charge in [-0.05, 0) is 55.0 Å². The predicted molar refractivity (Wildman–Crippen MR) is 127 cm³/mol. The second-order valence-corrected chi connectivity index (χ2v) is 9.85. The Morgan fingerprint density at radius 1 is 1.03 bits per heavy atom. The average Bonchev–Trinajstić information content (AvgIpc) is 2.82. The second-order valence-electron chi connectivity index (χ2n) is 7.55. The van der Waals surface area contributed by atoms with Gasteiger partial charge in [0.05, 0.1) is 17.1 Å². The van der Waals surface area contributed by atoms with E-state index < -0.39 is 15.9 Å². The number of carbonyl (C=O) groups excluding carboxylic acids is 1. The molecule has 1 heterocycles. The van der Waals surface area contributed by atoms with Crippen LogP contribution < -0.4 is 19.1 Å². The van der Waals surface area contributed by atoms with Gasteiger partial charge in [0.1, 0.15) is 19.3 Å². The van der Waals surface area contributed by atoms with Crippen LogP contribution in [0.3, 0.4) is 0 Å². The molecule has 4 rings (SSSR count). The maximum atomic E-state index is 13.4. The smallest absolute Gasteiger partial charge is 0.264 e. The summed E-state index contributed by atoms with van der Waals surface area (Å²) in [6.45, 7) is 1.86. The molecule has 0 saturated heterocycles. The molecule has 0 aromatic heterocycles. The van der Waals surface area contributed by atoms with Crippen molar-refractivity contribution in [2.45, 2.75) is 17.9 Å². The summed E-state index contributed by atoms with van der Waals surface area (Å²) in [4.78, 5) is 12.9. The topological polar surface area (TPSA) is 84.9 Å². The van der Waals surface area contributed by atoms with Crippen molar-refractivity contribution in [1.29, 1.82) is 0 Å². The molecule has 3 aromatic carbocycles. The number of fused-ring (bicyclic) bond motifs is 1. The van der Waals surface area contributed by atoms with Crippen molar-refractivity contribution in [3.05, 3.63) is 83.4 Å². The Labute approximate surface area is 197 Å². The third-order valence-corrected chi connectivity index (χ3v) is 7.19. The van der Waals surface area contributed by atoms with Gasteiger partial charge in [-0.1, -0.05) is 41.9 Å². The minimum absolute atomic E-state index is 0.0450. The van der Waals surface area contributed by atoms with E-state index in [1.54, 1.807) is 31.2 Å². The molecular weight excluding hydrogens is 464 g/mol. The normalized spacial score (nSPS) is 15.0. The molecule has 3 aromatic rings. The number of nitrogens with zero attached hydrogens (tertiary/aromatic N) is 1. The van der Waals surface area contributed by atoms with Crippen LogP contribution >= 0.6 is 11.6 Å². The van der Waals surface area contributed by atoms with E-state index in [9.17, 15) is 13.2 Å². The molecular formula is C24H23ClN2O5S. The SMILES string of the molecule is Cc1ccccc1N(CC(=O)NCC1COc2ccccc2O1)S(=O)(=O)c1ccc(Cl)cc1. The lowest BCUT2D eigenvalue weighted by molar-refractivity contribution is -0.120. The summed E-state index contributed by atoms with van der Waals surface area (Å²) >= 11 is 5.92. The van der Waals surface area contributed by atoms with E-state index in [0.29, 0.717) is 22.2 Å². The summed E-state index contributed by atoms with van der Waals surface area (Å²) in [7, 11) is -4.01. The third kappa shape index (κ3) is 5.23. The summed E-state index contributed by atoms with van der Waals surface area (Å²) in [5.41, 5.74) is 1.15. The van der Waals surface area contributed by atoms with Gasteiger partial charge in [0.25, 0.3) is 10.0 Å². The fourth-order valence-electron chi connectivity index (χ4n) is 3.45. The van der Waals surface area contributed by atoms with Crippen LogP contribution in [0.1, 0.15) is 5.56 Å². The maximum Gasteiger partial charge on any atom is 0.264 e. The summed E-state index contributed by atoms with van der Waals surface area (Å²) in [6, 6.07) is 20.2. The van der Waals surface area contributed by atoms with E-state index in [-0.39, 0.29) is 30.7 Å². The van der Waals surface area contributed by atoms with Gasteiger partial charge in [-0.3, -0.25) is 9.10 Å². The van der Waals surface area contributed by atoms with Crippen LogP contribution in [0.25, 0.3) is 0 Å². The van der Waals surface area contributed by atoms with Crippen LogP contribution in [0, 0.1) is 6.92 Å². The summed E-state index contributed by atoms with van der Waals surface area (Å²) < 4.78 is 39.5. The number of hydrogen-bond acceptors (Lipinski definition) is 5. The van der Waals surface area contributed by atoms with Crippen molar-refractivity contribution in [3.8, 4) is 11.5 Å². The average molecular weight is 487 g/mol. The first-order chi connectivity index (χ1) is 15.8. The number of ether oxygens (including phenoxy) is 2. The highest BCUT2D eigenvalue weighted by Gasteiger charge is 2.29. The largest absolute Gasteiger partial charge is 0.486 e. The highest BCUT2D eigenvalue weighted by atomic mass is 35.5. The van der Waals surface area contributed by atoms with Crippen molar-refractivity contribution < 1.29 is 22.7 Å². The molecule has 0 bridgehead atoms. The van der Waals surface area contributed by atoms with Gasteiger partial charge in [-0.15, -0.1) is 0 Å². The Morgan fingerprint density at radius 3 is 2.42 bits per heavy atom. The van der Waals surface area contributed by atoms with Gasteiger partial charge in [-0.2, -0.15) is 0 Å². The Bertz CT molecular complexity index is 1250. The first-order valence-electron chi connectivity index (χ1n) is 10.3. The Hall–Kier alpha value is -3.23. The lowest BCUT2D eigenvalue weighted by Crippen LogP contribution is -2.45. The quantitative estimate of drug-likeness (QED) is 0.549. The van der Waals surface area contributed by atoms with E-state index in [1.807, 2.05) is 24.3 Å². The minimum Gasteiger partial charge on any atom is -0.486 e. The number of anilines is 1. The lowest BCUT2D eigenvalue weighted by atomic mass is 10.2. The summed E-state index contributed by atoms with van der Waals surface area (Å²) in [5.74, 6) is 0.799. The van der Waals surface area contributed by atoms with Crippen LogP contribution in [0.5, 0.6) is 11.5 Å². The highest BCUT2D eigenvalue weighted by Crippen LogP contribution is 2.31.